The fourth-order valence-electron chi connectivity index (χ4n) is 5.76. The van der Waals surface area contributed by atoms with Gasteiger partial charge in [0.2, 0.25) is 5.91 Å². The molecule has 0 aliphatic carbocycles. The lowest BCUT2D eigenvalue weighted by molar-refractivity contribution is -0.382. The van der Waals surface area contributed by atoms with Gasteiger partial charge in [-0.15, -0.1) is 0 Å². The quantitative estimate of drug-likeness (QED) is 0.101. The topological polar surface area (TPSA) is 336 Å². The van der Waals surface area contributed by atoms with Gasteiger partial charge in [-0.3, -0.25) is 4.79 Å². The van der Waals surface area contributed by atoms with Crippen LogP contribution in [0.15, 0.2) is 0 Å². The van der Waals surface area contributed by atoms with Crippen molar-refractivity contribution in [1.82, 2.24) is 5.32 Å². The molecule has 0 spiro atoms. The first-order valence-corrected chi connectivity index (χ1v) is 14.9. The van der Waals surface area contributed by atoms with Crippen molar-refractivity contribution in [3.63, 3.8) is 0 Å². The van der Waals surface area contributed by atoms with Crippen LogP contribution in [0.4, 0.5) is 0 Å². The predicted octanol–water partition coefficient (Wildman–Crippen LogP) is -8.58. The molecule has 0 aromatic heterocycles. The lowest BCUT2D eigenvalue weighted by atomic mass is 9.95. The second-order valence-corrected chi connectivity index (χ2v) is 11.9. The van der Waals surface area contributed by atoms with Crippen molar-refractivity contribution in [2.75, 3.05) is 19.8 Å². The van der Waals surface area contributed by atoms with Gasteiger partial charge in [-0.1, -0.05) is 0 Å². The molecule has 0 aromatic carbocycles. The molecule has 0 aromatic rings. The first-order chi connectivity index (χ1) is 22.1. The number of carbonyl (C=O) groups excluding carboxylic acids is 1. The molecule has 274 valence electrons. The number of nitrogens with one attached hydrogen (secondary N) is 1. The monoisotopic (exact) mass is 691 g/mol. The Balaban J connectivity index is 1.53. The van der Waals surface area contributed by atoms with Crippen molar-refractivity contribution in [2.24, 2.45) is 0 Å². The molecule has 13 N–H and O–H groups in total. The van der Waals surface area contributed by atoms with Crippen molar-refractivity contribution < 1.29 is 99.2 Å². The molecule has 20 atom stereocenters. The summed E-state index contributed by atoms with van der Waals surface area (Å²) < 4.78 is 38.6. The van der Waals surface area contributed by atoms with Crippen LogP contribution in [0.5, 0.6) is 0 Å². The van der Waals surface area contributed by atoms with Gasteiger partial charge in [-0.2, -0.15) is 0 Å². The van der Waals surface area contributed by atoms with E-state index in [1.54, 1.807) is 0 Å². The molecule has 0 radical (unpaired) electrons. The van der Waals surface area contributed by atoms with Crippen molar-refractivity contribution >= 4 is 5.91 Å². The second-order valence-electron chi connectivity index (χ2n) is 11.9. The van der Waals surface area contributed by atoms with Crippen LogP contribution in [0.1, 0.15) is 13.8 Å². The molecular weight excluding hydrogens is 646 g/mol. The normalized spacial score (nSPS) is 51.0. The molecule has 21 nitrogen and oxygen atoms in total. The zero-order valence-corrected chi connectivity index (χ0v) is 25.3. The highest BCUT2D eigenvalue weighted by Gasteiger charge is 2.54. The van der Waals surface area contributed by atoms with Crippen molar-refractivity contribution in [1.29, 1.82) is 0 Å². The van der Waals surface area contributed by atoms with Gasteiger partial charge in [-0.25, -0.2) is 0 Å². The summed E-state index contributed by atoms with van der Waals surface area (Å²) >= 11 is 0. The first-order valence-electron chi connectivity index (χ1n) is 14.9. The Labute approximate surface area is 267 Å². The zero-order valence-electron chi connectivity index (χ0n) is 25.3. The third kappa shape index (κ3) is 8.20. The van der Waals surface area contributed by atoms with E-state index in [-0.39, 0.29) is 0 Å². The molecule has 0 unspecified atom stereocenters. The van der Waals surface area contributed by atoms with Crippen LogP contribution >= 0.6 is 0 Å². The summed E-state index contributed by atoms with van der Waals surface area (Å²) in [5.74, 6) is -0.652. The third-order valence-corrected chi connectivity index (χ3v) is 8.55. The molecule has 4 fully saturated rings. The Morgan fingerprint density at radius 1 is 0.596 bits per heavy atom. The van der Waals surface area contributed by atoms with Gasteiger partial charge in [0.05, 0.1) is 25.9 Å². The minimum absolute atomic E-state index is 0.652. The van der Waals surface area contributed by atoms with E-state index in [2.05, 4.69) is 5.32 Å². The SMILES string of the molecule is CC(=O)N[C@H]1[C@H](O[C@@H]2[C@@H](O[C@@H]3[C@H](O)[C@H](O)O[C@H](CO[C@H]4O[C@H](CO)[C@@H](O)[C@H](O)[C@@H]4O)[C@H]3O)O[C@H](CO)[C@@H](O)[C@@H]2O)O[C@H](C)[C@@H](O)[C@@H]1O. The van der Waals surface area contributed by atoms with Crippen LogP contribution in [0, 0.1) is 0 Å². The lowest BCUT2D eigenvalue weighted by Gasteiger charge is -2.48. The number of aliphatic hydroxyl groups excluding tert-OH is 12. The minimum Gasteiger partial charge on any atom is -0.394 e. The Bertz CT molecular complexity index is 1010. The molecule has 21 heteroatoms. The average molecular weight is 692 g/mol. The summed E-state index contributed by atoms with van der Waals surface area (Å²) in [6.07, 6.45) is -32.1. The standard InChI is InChI=1S/C26H45NO20/c1-6-12(31)16(35)11(27-7(2)30)24(42-6)47-22-18(37)14(33)9(4-29)45-26(22)46-21-15(34)10(43-23(40)20(21)39)5-41-25-19(38)17(36)13(32)8(3-28)44-25/h6,8-26,28-29,31-40H,3-5H2,1-2H3,(H,27,30)/t6-,8-,9-,10-,11-,12-,13-,14-,15-,16-,17+,18+,19+,20+,21+,22+,23-,24+,25+,26-/m1/s1. The second kappa shape index (κ2) is 16.2. The number of amides is 1. The predicted molar refractivity (Wildman–Crippen MR) is 144 cm³/mol. The van der Waals surface area contributed by atoms with E-state index in [1.165, 1.54) is 6.92 Å². The number of hydrogen-bond acceptors (Lipinski definition) is 20. The number of ether oxygens (including phenoxy) is 7. The van der Waals surface area contributed by atoms with Gasteiger partial charge < -0.3 is 99.8 Å². The molecule has 4 heterocycles. The number of carbonyl (C=O) groups is 1. The maximum absolute atomic E-state index is 11.8. The van der Waals surface area contributed by atoms with Gasteiger partial charge in [-0.05, 0) is 6.92 Å². The maximum Gasteiger partial charge on any atom is 0.217 e. The van der Waals surface area contributed by atoms with Crippen LogP contribution in [-0.4, -0.2) is 210 Å². The summed E-state index contributed by atoms with van der Waals surface area (Å²) in [6.45, 7) is 0.217. The lowest BCUT2D eigenvalue weighted by Crippen LogP contribution is -2.68. The molecule has 4 aliphatic heterocycles. The third-order valence-electron chi connectivity index (χ3n) is 8.55. The Hall–Kier alpha value is -1.29. The molecule has 1 amide bonds. The molecule has 47 heavy (non-hydrogen) atoms. The van der Waals surface area contributed by atoms with E-state index in [9.17, 15) is 66.1 Å². The summed E-state index contributed by atoms with van der Waals surface area (Å²) in [7, 11) is 0. The zero-order chi connectivity index (χ0) is 34.9. The summed E-state index contributed by atoms with van der Waals surface area (Å²) in [4.78, 5) is 11.8. The molecule has 4 rings (SSSR count). The smallest absolute Gasteiger partial charge is 0.217 e. The molecule has 0 saturated carbocycles. The Morgan fingerprint density at radius 2 is 1.17 bits per heavy atom. The highest BCUT2D eigenvalue weighted by molar-refractivity contribution is 5.73. The van der Waals surface area contributed by atoms with Crippen LogP contribution in [0.25, 0.3) is 0 Å². The Morgan fingerprint density at radius 3 is 1.77 bits per heavy atom. The van der Waals surface area contributed by atoms with Gasteiger partial charge in [0.1, 0.15) is 91.5 Å². The average Bonchev–Trinajstić information content (AvgIpc) is 3.03. The molecule has 4 aliphatic rings. The molecular formula is C26H45NO20. The summed E-state index contributed by atoms with van der Waals surface area (Å²) in [5, 5.41) is 126. The summed E-state index contributed by atoms with van der Waals surface area (Å²) in [6, 6.07) is -1.41. The summed E-state index contributed by atoms with van der Waals surface area (Å²) in [5.41, 5.74) is 0. The maximum atomic E-state index is 11.8. The van der Waals surface area contributed by atoms with Crippen LogP contribution in [0.2, 0.25) is 0 Å². The van der Waals surface area contributed by atoms with Crippen molar-refractivity contribution in [3.05, 3.63) is 0 Å². The highest BCUT2D eigenvalue weighted by Crippen LogP contribution is 2.33. The first kappa shape index (κ1) is 38.5. The van der Waals surface area contributed by atoms with Crippen LogP contribution in [0.3, 0.4) is 0 Å². The molecule has 0 bridgehead atoms. The van der Waals surface area contributed by atoms with Crippen LogP contribution < -0.4 is 5.32 Å². The fraction of sp³-hybridized carbons (Fsp3) is 0.962. The van der Waals surface area contributed by atoms with Crippen molar-refractivity contribution in [2.45, 2.75) is 137 Å². The minimum atomic E-state index is -2.04. The van der Waals surface area contributed by atoms with Crippen LogP contribution in [-0.2, 0) is 38.0 Å². The van der Waals surface area contributed by atoms with Gasteiger partial charge in [0.15, 0.2) is 25.2 Å². The van der Waals surface area contributed by atoms with E-state index in [1.807, 2.05) is 0 Å². The van der Waals surface area contributed by atoms with E-state index in [0.29, 0.717) is 0 Å². The van der Waals surface area contributed by atoms with Gasteiger partial charge >= 0.3 is 0 Å². The Kier molecular flexibility index (Phi) is 13.2. The fourth-order valence-corrected chi connectivity index (χ4v) is 5.76. The van der Waals surface area contributed by atoms with E-state index < -0.39 is 148 Å². The number of hydrogen-bond donors (Lipinski definition) is 13. The number of aliphatic hydroxyl groups is 12. The highest BCUT2D eigenvalue weighted by atomic mass is 16.8. The van der Waals surface area contributed by atoms with Gasteiger partial charge in [0.25, 0.3) is 0 Å². The van der Waals surface area contributed by atoms with Crippen molar-refractivity contribution in [3.8, 4) is 0 Å². The largest absolute Gasteiger partial charge is 0.394 e. The molecule has 4 saturated heterocycles. The van der Waals surface area contributed by atoms with E-state index in [4.69, 9.17) is 33.2 Å². The van der Waals surface area contributed by atoms with Gasteiger partial charge in [0, 0.05) is 6.92 Å². The number of rotatable bonds is 10. The van der Waals surface area contributed by atoms with E-state index in [0.717, 1.165) is 6.92 Å². The van der Waals surface area contributed by atoms with E-state index >= 15 is 0 Å².